The van der Waals surface area contributed by atoms with Crippen LogP contribution in [0.2, 0.25) is 0 Å². The van der Waals surface area contributed by atoms with E-state index in [1.165, 1.54) is 11.3 Å². The molecule has 0 radical (unpaired) electrons. The van der Waals surface area contributed by atoms with E-state index in [9.17, 15) is 14.4 Å². The van der Waals surface area contributed by atoms with Gasteiger partial charge < -0.3 is 4.74 Å². The van der Waals surface area contributed by atoms with Gasteiger partial charge in [0.2, 0.25) is 0 Å². The molecule has 0 aromatic carbocycles. The maximum Gasteiger partial charge on any atom is 0.326 e. The summed E-state index contributed by atoms with van der Waals surface area (Å²) in [6, 6.07) is 3.84. The van der Waals surface area contributed by atoms with Crippen LogP contribution in [0.5, 0.6) is 0 Å². The number of imide groups is 1. The van der Waals surface area contributed by atoms with Gasteiger partial charge >= 0.3 is 5.97 Å². The normalized spacial score (nSPS) is 17.5. The molecule has 0 saturated carbocycles. The molecule has 118 valence electrons. The third kappa shape index (κ3) is 4.20. The van der Waals surface area contributed by atoms with Gasteiger partial charge in [-0.2, -0.15) is 0 Å². The van der Waals surface area contributed by atoms with Gasteiger partial charge in [-0.15, -0.1) is 11.3 Å². The molecule has 1 saturated heterocycles. The Morgan fingerprint density at radius 3 is 2.55 bits per heavy atom. The van der Waals surface area contributed by atoms with Crippen molar-refractivity contribution in [3.05, 3.63) is 26.8 Å². The lowest BCUT2D eigenvalue weighted by Crippen LogP contribution is -2.37. The van der Waals surface area contributed by atoms with Crippen molar-refractivity contribution in [2.75, 3.05) is 6.54 Å². The van der Waals surface area contributed by atoms with E-state index < -0.39 is 22.7 Å². The van der Waals surface area contributed by atoms with Gasteiger partial charge in [0, 0.05) is 9.75 Å². The molecule has 2 rings (SSSR count). The molecule has 7 heteroatoms. The maximum absolute atomic E-state index is 12.2. The molecule has 1 aromatic heterocycles. The number of hydrogen-bond donors (Lipinski definition) is 0. The zero-order chi connectivity index (χ0) is 16.5. The molecule has 1 aromatic rings. The second-order valence-electron chi connectivity index (χ2n) is 5.80. The fraction of sp³-hybridized carbons (Fsp3) is 0.400. The highest BCUT2D eigenvalue weighted by Gasteiger charge is 2.37. The highest BCUT2D eigenvalue weighted by molar-refractivity contribution is 8.18. The van der Waals surface area contributed by atoms with Crippen LogP contribution in [0.1, 0.15) is 30.5 Å². The number of ether oxygens (including phenoxy) is 1. The second kappa shape index (κ2) is 6.26. The fourth-order valence-corrected chi connectivity index (χ4v) is 3.52. The van der Waals surface area contributed by atoms with Crippen molar-refractivity contribution >= 4 is 46.3 Å². The van der Waals surface area contributed by atoms with Crippen molar-refractivity contribution in [3.8, 4) is 0 Å². The van der Waals surface area contributed by atoms with Crippen LogP contribution in [0.15, 0.2) is 17.0 Å². The van der Waals surface area contributed by atoms with Crippen molar-refractivity contribution in [1.29, 1.82) is 0 Å². The van der Waals surface area contributed by atoms with Gasteiger partial charge in [-0.25, -0.2) is 0 Å². The summed E-state index contributed by atoms with van der Waals surface area (Å²) in [5, 5.41) is -0.449. The van der Waals surface area contributed by atoms with Gasteiger partial charge in [0.05, 0.1) is 4.91 Å². The Bertz CT molecular complexity index is 655. The van der Waals surface area contributed by atoms with E-state index >= 15 is 0 Å². The number of rotatable bonds is 3. The standard InChI is InChI=1S/C15H17NO4S2/c1-9-5-6-10(21-9)7-11-13(18)16(14(19)22-11)8-12(17)20-15(2,3)4/h5-7H,8H2,1-4H3. The van der Waals surface area contributed by atoms with Crippen molar-refractivity contribution < 1.29 is 19.1 Å². The number of hydrogen-bond acceptors (Lipinski definition) is 6. The number of aryl methyl sites for hydroxylation is 1. The summed E-state index contributed by atoms with van der Waals surface area (Å²) in [5.41, 5.74) is -0.650. The summed E-state index contributed by atoms with van der Waals surface area (Å²) in [6.45, 7) is 6.81. The van der Waals surface area contributed by atoms with Gasteiger partial charge in [0.15, 0.2) is 0 Å². The summed E-state index contributed by atoms with van der Waals surface area (Å²) in [6.07, 6.45) is 1.68. The van der Waals surface area contributed by atoms with Gasteiger partial charge in [0.1, 0.15) is 12.1 Å². The van der Waals surface area contributed by atoms with Crippen molar-refractivity contribution in [2.24, 2.45) is 0 Å². The maximum atomic E-state index is 12.2. The number of carbonyl (C=O) groups is 3. The van der Waals surface area contributed by atoms with Crippen LogP contribution < -0.4 is 0 Å². The van der Waals surface area contributed by atoms with Crippen LogP contribution in [-0.4, -0.2) is 34.2 Å². The Morgan fingerprint density at radius 2 is 2.00 bits per heavy atom. The van der Waals surface area contributed by atoms with Crippen molar-refractivity contribution in [2.45, 2.75) is 33.3 Å². The Balaban J connectivity index is 2.09. The first-order valence-electron chi connectivity index (χ1n) is 6.69. The Morgan fingerprint density at radius 1 is 1.32 bits per heavy atom. The fourth-order valence-electron chi connectivity index (χ4n) is 1.80. The minimum Gasteiger partial charge on any atom is -0.459 e. The molecule has 0 aliphatic carbocycles. The Hall–Kier alpha value is -1.60. The number of thiophene rings is 1. The van der Waals surface area contributed by atoms with Gasteiger partial charge in [-0.3, -0.25) is 19.3 Å². The first-order valence-corrected chi connectivity index (χ1v) is 8.33. The number of amides is 2. The molecule has 0 spiro atoms. The third-order valence-electron chi connectivity index (χ3n) is 2.62. The molecule has 22 heavy (non-hydrogen) atoms. The monoisotopic (exact) mass is 339 g/mol. The summed E-state index contributed by atoms with van der Waals surface area (Å²) in [7, 11) is 0. The smallest absolute Gasteiger partial charge is 0.326 e. The van der Waals surface area contributed by atoms with Crippen LogP contribution >= 0.6 is 23.1 Å². The quantitative estimate of drug-likeness (QED) is 0.623. The van der Waals surface area contributed by atoms with Crippen LogP contribution in [0.3, 0.4) is 0 Å². The van der Waals surface area contributed by atoms with E-state index in [-0.39, 0.29) is 6.54 Å². The number of nitrogens with zero attached hydrogens (tertiary/aromatic N) is 1. The average molecular weight is 339 g/mol. The molecule has 0 unspecified atom stereocenters. The van der Waals surface area contributed by atoms with E-state index in [0.29, 0.717) is 4.91 Å². The Labute approximate surface area is 137 Å². The molecule has 1 fully saturated rings. The van der Waals surface area contributed by atoms with Crippen LogP contribution in [0, 0.1) is 6.92 Å². The Kier molecular flexibility index (Phi) is 4.77. The zero-order valence-corrected chi connectivity index (χ0v) is 14.5. The summed E-state index contributed by atoms with van der Waals surface area (Å²) < 4.78 is 5.14. The molecule has 0 N–H and O–H groups in total. The predicted octanol–water partition coefficient (Wildman–Crippen LogP) is 3.43. The number of esters is 1. The first-order chi connectivity index (χ1) is 10.2. The molecule has 0 bridgehead atoms. The van der Waals surface area contributed by atoms with Crippen LogP contribution in [0.4, 0.5) is 4.79 Å². The lowest BCUT2D eigenvalue weighted by atomic mass is 10.2. The highest BCUT2D eigenvalue weighted by Crippen LogP contribution is 2.33. The molecule has 1 aliphatic rings. The van der Waals surface area contributed by atoms with E-state index in [2.05, 4.69) is 0 Å². The van der Waals surface area contributed by atoms with E-state index in [4.69, 9.17) is 4.74 Å². The van der Waals surface area contributed by atoms with Crippen molar-refractivity contribution in [3.63, 3.8) is 0 Å². The summed E-state index contributed by atoms with van der Waals surface area (Å²) >= 11 is 2.38. The third-order valence-corrected chi connectivity index (χ3v) is 4.47. The molecule has 1 aliphatic heterocycles. The molecular weight excluding hydrogens is 322 g/mol. The van der Waals surface area contributed by atoms with Crippen molar-refractivity contribution in [1.82, 2.24) is 4.90 Å². The molecular formula is C15H17NO4S2. The topological polar surface area (TPSA) is 63.7 Å². The molecule has 0 atom stereocenters. The zero-order valence-electron chi connectivity index (χ0n) is 12.8. The largest absolute Gasteiger partial charge is 0.459 e. The first kappa shape index (κ1) is 16.8. The summed E-state index contributed by atoms with van der Waals surface area (Å²) in [5.74, 6) is -1.05. The van der Waals surface area contributed by atoms with Crippen LogP contribution in [0.25, 0.3) is 6.08 Å². The van der Waals surface area contributed by atoms with Gasteiger partial charge in [0.25, 0.3) is 11.1 Å². The van der Waals surface area contributed by atoms with Crippen LogP contribution in [-0.2, 0) is 14.3 Å². The molecule has 2 amide bonds. The molecule has 2 heterocycles. The minimum absolute atomic E-state index is 0.329. The van der Waals surface area contributed by atoms with E-state index in [1.54, 1.807) is 26.8 Å². The number of carbonyl (C=O) groups excluding carboxylic acids is 3. The molecule has 5 nitrogen and oxygen atoms in total. The highest BCUT2D eigenvalue weighted by atomic mass is 32.2. The van der Waals surface area contributed by atoms with Gasteiger partial charge in [-0.05, 0) is 57.7 Å². The van der Waals surface area contributed by atoms with Gasteiger partial charge in [-0.1, -0.05) is 0 Å². The van der Waals surface area contributed by atoms with E-state index in [1.807, 2.05) is 19.1 Å². The minimum atomic E-state index is -0.650. The lowest BCUT2D eigenvalue weighted by Gasteiger charge is -2.21. The SMILES string of the molecule is Cc1ccc(C=C2SC(=O)N(CC(=O)OC(C)(C)C)C2=O)s1. The summed E-state index contributed by atoms with van der Waals surface area (Å²) in [4.78, 5) is 39.2. The number of thioether (sulfide) groups is 1. The van der Waals surface area contributed by atoms with E-state index in [0.717, 1.165) is 26.4 Å². The predicted molar refractivity (Wildman–Crippen MR) is 87.6 cm³/mol. The second-order valence-corrected chi connectivity index (χ2v) is 8.12. The lowest BCUT2D eigenvalue weighted by molar-refractivity contribution is -0.156. The average Bonchev–Trinajstić information content (AvgIpc) is 2.87.